The van der Waals surface area contributed by atoms with E-state index in [0.717, 1.165) is 0 Å². The smallest absolute Gasteiger partial charge is 0.221 e. The zero-order chi connectivity index (χ0) is 10.3. The third-order valence-corrected chi connectivity index (χ3v) is 1.37. The molecule has 0 aliphatic heterocycles. The highest BCUT2D eigenvalue weighted by atomic mass is 16.1. The van der Waals surface area contributed by atoms with Crippen LogP contribution in [0.2, 0.25) is 0 Å². The van der Waals surface area contributed by atoms with Crippen LogP contribution < -0.4 is 11.1 Å². The van der Waals surface area contributed by atoms with E-state index in [2.05, 4.69) is 17.2 Å². The first-order valence-corrected chi connectivity index (χ1v) is 4.41. The first kappa shape index (κ1) is 12.0. The van der Waals surface area contributed by atoms with Gasteiger partial charge in [-0.25, -0.2) is 0 Å². The lowest BCUT2D eigenvalue weighted by Crippen LogP contribution is -2.39. The lowest BCUT2D eigenvalue weighted by Gasteiger charge is -2.17. The van der Waals surface area contributed by atoms with Gasteiger partial charge >= 0.3 is 0 Å². The molecule has 3 nitrogen and oxygen atoms in total. The predicted octanol–water partition coefficient (Wildman–Crippen LogP) is 0.643. The molecule has 3 N–H and O–H groups in total. The molecule has 0 bridgehead atoms. The summed E-state index contributed by atoms with van der Waals surface area (Å²) in [5.74, 6) is 5.63. The number of carbonyl (C=O) groups is 1. The Bertz CT molecular complexity index is 217. The lowest BCUT2D eigenvalue weighted by atomic mass is 10.0. The molecule has 0 spiro atoms. The van der Waals surface area contributed by atoms with Gasteiger partial charge in [0.05, 0.1) is 0 Å². The van der Waals surface area contributed by atoms with Crippen molar-refractivity contribution < 1.29 is 4.79 Å². The summed E-state index contributed by atoms with van der Waals surface area (Å²) in [4.78, 5) is 11.2. The van der Waals surface area contributed by atoms with Crippen molar-refractivity contribution in [1.29, 1.82) is 0 Å². The van der Waals surface area contributed by atoms with Gasteiger partial charge in [0.25, 0.3) is 0 Å². The van der Waals surface area contributed by atoms with Gasteiger partial charge in [0, 0.05) is 24.9 Å². The Balaban J connectivity index is 3.56. The molecule has 0 aliphatic carbocycles. The summed E-state index contributed by atoms with van der Waals surface area (Å²) in [6.45, 7) is 6.05. The van der Waals surface area contributed by atoms with E-state index >= 15 is 0 Å². The van der Waals surface area contributed by atoms with Crippen LogP contribution in [-0.2, 0) is 4.79 Å². The summed E-state index contributed by atoms with van der Waals surface area (Å²) in [5, 5.41) is 2.75. The zero-order valence-electron chi connectivity index (χ0n) is 8.61. The number of hydrogen-bond acceptors (Lipinski definition) is 2. The van der Waals surface area contributed by atoms with Gasteiger partial charge < -0.3 is 11.1 Å². The molecule has 3 heteroatoms. The number of carbonyl (C=O) groups excluding carboxylic acids is 1. The first-order chi connectivity index (χ1) is 5.95. The molecule has 0 saturated heterocycles. The highest BCUT2D eigenvalue weighted by Gasteiger charge is 2.15. The van der Waals surface area contributed by atoms with Crippen LogP contribution in [0.5, 0.6) is 0 Å². The summed E-state index contributed by atoms with van der Waals surface area (Å²) in [5.41, 5.74) is 5.25. The standard InChI is InChI=1S/C10H18N2O/c1-4-5-6-7-12-9(13)8-10(2,3)11/h6-8,11H2,1-3H3,(H,12,13). The van der Waals surface area contributed by atoms with Crippen LogP contribution in [0, 0.1) is 11.8 Å². The summed E-state index contributed by atoms with van der Waals surface area (Å²) in [6.07, 6.45) is 1.06. The molecule has 0 aromatic carbocycles. The maximum atomic E-state index is 11.2. The maximum Gasteiger partial charge on any atom is 0.221 e. The third-order valence-electron chi connectivity index (χ3n) is 1.37. The van der Waals surface area contributed by atoms with Crippen molar-refractivity contribution in [3.63, 3.8) is 0 Å². The van der Waals surface area contributed by atoms with Gasteiger partial charge in [-0.2, -0.15) is 0 Å². The molecular formula is C10H18N2O. The van der Waals surface area contributed by atoms with Crippen LogP contribution in [-0.4, -0.2) is 18.0 Å². The molecule has 0 saturated carbocycles. The quantitative estimate of drug-likeness (QED) is 0.495. The van der Waals surface area contributed by atoms with Gasteiger partial charge in [-0.3, -0.25) is 4.79 Å². The van der Waals surface area contributed by atoms with E-state index in [9.17, 15) is 4.79 Å². The lowest BCUT2D eigenvalue weighted by molar-refractivity contribution is -0.121. The Morgan fingerprint density at radius 3 is 2.62 bits per heavy atom. The number of nitrogens with one attached hydrogen (secondary N) is 1. The maximum absolute atomic E-state index is 11.2. The second-order valence-corrected chi connectivity index (χ2v) is 3.69. The van der Waals surface area contributed by atoms with Gasteiger partial charge in [0.1, 0.15) is 0 Å². The first-order valence-electron chi connectivity index (χ1n) is 4.41. The summed E-state index contributed by atoms with van der Waals surface area (Å²) in [6, 6.07) is 0. The molecule has 1 amide bonds. The molecule has 0 radical (unpaired) electrons. The SMILES string of the molecule is CC#CCCNC(=O)CC(C)(C)N. The second-order valence-electron chi connectivity index (χ2n) is 3.69. The van der Waals surface area contributed by atoms with Crippen molar-refractivity contribution in [2.24, 2.45) is 5.73 Å². The zero-order valence-corrected chi connectivity index (χ0v) is 8.61. The average molecular weight is 182 g/mol. The minimum absolute atomic E-state index is 0.00889. The van der Waals surface area contributed by atoms with Crippen molar-refractivity contribution in [2.75, 3.05) is 6.54 Å². The summed E-state index contributed by atoms with van der Waals surface area (Å²) < 4.78 is 0. The van der Waals surface area contributed by atoms with Crippen LogP contribution in [0.25, 0.3) is 0 Å². The number of hydrogen-bond donors (Lipinski definition) is 2. The molecule has 13 heavy (non-hydrogen) atoms. The van der Waals surface area contributed by atoms with Gasteiger partial charge in [-0.1, -0.05) is 0 Å². The van der Waals surface area contributed by atoms with Crippen molar-refractivity contribution in [3.05, 3.63) is 0 Å². The molecular weight excluding hydrogens is 164 g/mol. The van der Waals surface area contributed by atoms with Gasteiger partial charge in [0.15, 0.2) is 0 Å². The van der Waals surface area contributed by atoms with E-state index in [1.165, 1.54) is 0 Å². The fraction of sp³-hybridized carbons (Fsp3) is 0.700. The molecule has 0 fully saturated rings. The number of amides is 1. The van der Waals surface area contributed by atoms with Gasteiger partial charge in [-0.05, 0) is 20.8 Å². The molecule has 0 heterocycles. The molecule has 0 aromatic rings. The average Bonchev–Trinajstić information content (AvgIpc) is 1.94. The molecule has 0 atom stereocenters. The van der Waals surface area contributed by atoms with Gasteiger partial charge in [-0.15, -0.1) is 11.8 Å². The largest absolute Gasteiger partial charge is 0.355 e. The monoisotopic (exact) mass is 182 g/mol. The summed E-state index contributed by atoms with van der Waals surface area (Å²) >= 11 is 0. The molecule has 0 aliphatic rings. The van der Waals surface area contributed by atoms with Gasteiger partial charge in [0.2, 0.25) is 5.91 Å². The fourth-order valence-corrected chi connectivity index (χ4v) is 0.866. The molecule has 0 aromatic heterocycles. The molecule has 0 rings (SSSR count). The van der Waals surface area contributed by atoms with E-state index in [1.54, 1.807) is 6.92 Å². The highest BCUT2D eigenvalue weighted by molar-refractivity contribution is 5.77. The Morgan fingerprint density at radius 2 is 2.15 bits per heavy atom. The Morgan fingerprint density at radius 1 is 1.54 bits per heavy atom. The Labute approximate surface area is 80.1 Å². The summed E-state index contributed by atoms with van der Waals surface area (Å²) in [7, 11) is 0. The van der Waals surface area contributed by atoms with Crippen molar-refractivity contribution in [1.82, 2.24) is 5.32 Å². The number of rotatable bonds is 4. The normalized spacial score (nSPS) is 10.2. The van der Waals surface area contributed by atoms with E-state index in [-0.39, 0.29) is 5.91 Å². The van der Waals surface area contributed by atoms with E-state index in [4.69, 9.17) is 5.73 Å². The Hall–Kier alpha value is -1.01. The Kier molecular flexibility index (Phi) is 5.17. The second kappa shape index (κ2) is 5.60. The third kappa shape index (κ3) is 8.90. The number of nitrogens with two attached hydrogens (primary N) is 1. The minimum Gasteiger partial charge on any atom is -0.355 e. The van der Waals surface area contributed by atoms with Crippen molar-refractivity contribution in [3.8, 4) is 11.8 Å². The fourth-order valence-electron chi connectivity index (χ4n) is 0.866. The van der Waals surface area contributed by atoms with Crippen molar-refractivity contribution in [2.45, 2.75) is 39.2 Å². The predicted molar refractivity (Wildman–Crippen MR) is 54.0 cm³/mol. The minimum atomic E-state index is -0.430. The van der Waals surface area contributed by atoms with Crippen LogP contribution >= 0.6 is 0 Å². The van der Waals surface area contributed by atoms with E-state index < -0.39 is 5.54 Å². The van der Waals surface area contributed by atoms with E-state index in [0.29, 0.717) is 19.4 Å². The molecule has 0 unspecified atom stereocenters. The van der Waals surface area contributed by atoms with Crippen LogP contribution in [0.3, 0.4) is 0 Å². The van der Waals surface area contributed by atoms with Crippen molar-refractivity contribution >= 4 is 5.91 Å². The van der Waals surface area contributed by atoms with E-state index in [1.807, 2.05) is 13.8 Å². The molecule has 74 valence electrons. The van der Waals surface area contributed by atoms with Crippen LogP contribution in [0.15, 0.2) is 0 Å². The highest BCUT2D eigenvalue weighted by Crippen LogP contribution is 2.02. The van der Waals surface area contributed by atoms with Crippen LogP contribution in [0.4, 0.5) is 0 Å². The van der Waals surface area contributed by atoms with Crippen LogP contribution in [0.1, 0.15) is 33.6 Å². The topological polar surface area (TPSA) is 55.1 Å².